The Morgan fingerprint density at radius 2 is 0.571 bits per heavy atom. The molecule has 0 saturated carbocycles. The van der Waals surface area contributed by atoms with Crippen LogP contribution in [0, 0.1) is 0 Å². The van der Waals surface area contributed by atoms with Gasteiger partial charge < -0.3 is 0 Å². The summed E-state index contributed by atoms with van der Waals surface area (Å²) in [7, 11) is 0. The van der Waals surface area contributed by atoms with Gasteiger partial charge in [0.2, 0.25) is 5.69 Å². The smallest absolute Gasteiger partial charge is 0.194 e. The van der Waals surface area contributed by atoms with E-state index in [2.05, 4.69) is 114 Å². The highest BCUT2D eigenvalue weighted by molar-refractivity contribution is 7.20. The van der Waals surface area contributed by atoms with Gasteiger partial charge in [-0.3, -0.25) is 0 Å². The number of nitrogens with zero attached hydrogens (tertiary/aromatic N) is 1. The van der Waals surface area contributed by atoms with Gasteiger partial charge in [0.1, 0.15) is 6.15 Å². The average molecular weight is 1210 g/mol. The molecule has 0 radical (unpaired) electrons. The molecule has 0 unspecified atom stereocenters. The Kier molecular flexibility index (Phi) is 16.0. The van der Waals surface area contributed by atoms with E-state index in [1.165, 1.54) is 38.4 Å². The highest BCUT2D eigenvalue weighted by Crippen LogP contribution is 2.42. The molecule has 84 heavy (non-hydrogen) atoms. The van der Waals surface area contributed by atoms with E-state index >= 15 is 0 Å². The molecule has 0 aliphatic heterocycles. The second-order valence-electron chi connectivity index (χ2n) is 19.1. The largest absolute Gasteiger partial charge is 0.416 e. The number of aromatic nitrogens is 1. The van der Waals surface area contributed by atoms with Gasteiger partial charge in [-0.2, -0.15) is 132 Å². The second-order valence-corrected chi connectivity index (χ2v) is 19.1. The summed E-state index contributed by atoms with van der Waals surface area (Å²) >= 11 is 0. The first kappa shape index (κ1) is 61.9. The minimum atomic E-state index is -6.13. The van der Waals surface area contributed by atoms with Crippen molar-refractivity contribution in [2.45, 2.75) is 56.0 Å². The van der Waals surface area contributed by atoms with Crippen LogP contribution in [0.3, 0.4) is 0 Å². The van der Waals surface area contributed by atoms with Crippen molar-refractivity contribution in [1.82, 2.24) is 0 Å². The maximum Gasteiger partial charge on any atom is 0.416 e. The van der Waals surface area contributed by atoms with Crippen LogP contribution >= 0.6 is 0 Å². The zero-order valence-corrected chi connectivity index (χ0v) is 41.6. The fourth-order valence-electron chi connectivity index (χ4n) is 9.90. The van der Waals surface area contributed by atoms with E-state index in [-0.39, 0.29) is 0 Å². The lowest BCUT2D eigenvalue weighted by atomic mass is 9.12. The Hall–Kier alpha value is -8.19. The maximum atomic E-state index is 14.2. The molecule has 0 N–H and O–H groups in total. The van der Waals surface area contributed by atoms with Crippen molar-refractivity contribution in [2.24, 2.45) is 0 Å². The number of alkyl halides is 24. The molecule has 440 valence electrons. The van der Waals surface area contributed by atoms with Crippen molar-refractivity contribution >= 4 is 49.5 Å². The van der Waals surface area contributed by atoms with Crippen LogP contribution in [0.5, 0.6) is 0 Å². The predicted molar refractivity (Wildman–Crippen MR) is 263 cm³/mol. The van der Waals surface area contributed by atoms with E-state index in [0.717, 1.165) is 6.54 Å². The molecule has 0 bridgehead atoms. The Bertz CT molecular complexity index is 3440. The third-order valence-electron chi connectivity index (χ3n) is 13.6. The zero-order chi connectivity index (χ0) is 62.0. The van der Waals surface area contributed by atoms with E-state index in [1.807, 2.05) is 0 Å². The van der Waals surface area contributed by atoms with E-state index < -0.39 is 195 Å². The molecule has 0 spiro atoms. The van der Waals surface area contributed by atoms with Gasteiger partial charge >= 0.3 is 49.4 Å². The Balaban J connectivity index is 0.000000280. The van der Waals surface area contributed by atoms with Crippen LogP contribution in [0.1, 0.15) is 50.1 Å². The molecule has 1 aromatic heterocycles. The molecule has 26 heteroatoms. The van der Waals surface area contributed by atoms with Gasteiger partial charge in [0.15, 0.2) is 12.7 Å². The second kappa shape index (κ2) is 21.8. The van der Waals surface area contributed by atoms with Gasteiger partial charge in [0, 0.05) is 17.2 Å². The molecule has 0 aliphatic rings. The van der Waals surface area contributed by atoms with E-state index in [0.29, 0.717) is 0 Å². The summed E-state index contributed by atoms with van der Waals surface area (Å²) in [6.45, 7) is 0.855. The van der Waals surface area contributed by atoms with E-state index in [9.17, 15) is 105 Å². The summed E-state index contributed by atoms with van der Waals surface area (Å²) in [6.07, 6.45) is -52.6. The van der Waals surface area contributed by atoms with Crippen LogP contribution in [0.15, 0.2) is 182 Å². The monoisotopic (exact) mass is 1210 g/mol. The molecule has 0 amide bonds. The van der Waals surface area contributed by atoms with Gasteiger partial charge in [-0.15, -0.1) is 0 Å². The van der Waals surface area contributed by atoms with Gasteiger partial charge in [-0.25, -0.2) is 0 Å². The van der Waals surface area contributed by atoms with Crippen LogP contribution in [-0.4, -0.2) is 6.15 Å². The topological polar surface area (TPSA) is 3.88 Å². The molecule has 1 nitrogen and oxygen atoms in total. The summed E-state index contributed by atoms with van der Waals surface area (Å²) in [4.78, 5) is 0. The highest BCUT2D eigenvalue weighted by atomic mass is 19.4. The molecule has 8 aromatic carbocycles. The minimum Gasteiger partial charge on any atom is -0.194 e. The van der Waals surface area contributed by atoms with Gasteiger partial charge in [-0.1, -0.05) is 127 Å². The molecular weight excluding hydrogens is 1180 g/mol. The number of rotatable bonds is 7. The summed E-state index contributed by atoms with van der Waals surface area (Å²) in [5.74, 6) is 0. The van der Waals surface area contributed by atoms with Crippen molar-refractivity contribution < 1.29 is 110 Å². The minimum absolute atomic E-state index is 0.691. The number of benzene rings is 8. The normalized spacial score (nSPS) is 13.3. The molecule has 9 rings (SSSR count). The fraction of sp³-hybridized carbons (Fsp3) is 0.155. The number of hydrogen-bond acceptors (Lipinski definition) is 0. The van der Waals surface area contributed by atoms with Gasteiger partial charge in [-0.05, 0) is 58.6 Å². The third kappa shape index (κ3) is 13.3. The molecule has 9 aromatic rings. The summed E-state index contributed by atoms with van der Waals surface area (Å²) < 4.78 is 343. The van der Waals surface area contributed by atoms with Crippen molar-refractivity contribution in [3.8, 4) is 11.3 Å². The predicted octanol–water partition coefficient (Wildman–Crippen LogP) is 17.2. The molecular formula is C58H32BF24N. The summed E-state index contributed by atoms with van der Waals surface area (Å²) in [5, 5.41) is 5.10. The van der Waals surface area contributed by atoms with Gasteiger partial charge in [0.25, 0.3) is 0 Å². The van der Waals surface area contributed by atoms with Crippen molar-refractivity contribution in [1.29, 1.82) is 0 Å². The fourth-order valence-corrected chi connectivity index (χ4v) is 9.90. The average Bonchev–Trinajstić information content (AvgIpc) is 0.843. The van der Waals surface area contributed by atoms with Gasteiger partial charge in [0.05, 0.1) is 49.9 Å². The van der Waals surface area contributed by atoms with Crippen LogP contribution in [-0.2, 0) is 56.0 Å². The Morgan fingerprint density at radius 3 is 0.905 bits per heavy atom. The van der Waals surface area contributed by atoms with Crippen LogP contribution in [0.25, 0.3) is 32.8 Å². The SMILES string of the molecule is FC(F)(F)c1cc([B-](c2cc(C(F)(F)F)cc(C(F)(F)F)c2)(c2cc(C(F)(F)F)cc(C(F)(F)F)c2)c2cc(C(F)(F)F)cc(C(F)(F)F)c2)cc(C(F)(F)F)c1.c1ccc(C[n+]2ccc3ccccc3c2-c2ccc3ccccc3c2)cc1. The van der Waals surface area contributed by atoms with Crippen molar-refractivity contribution in [3.05, 3.63) is 232 Å². The molecule has 0 fully saturated rings. The molecule has 0 saturated heterocycles. The quantitative estimate of drug-likeness (QED) is 0.0851. The van der Waals surface area contributed by atoms with E-state index in [1.54, 1.807) is 0 Å². The lowest BCUT2D eigenvalue weighted by Crippen LogP contribution is -2.75. The van der Waals surface area contributed by atoms with Crippen LogP contribution in [0.4, 0.5) is 105 Å². The third-order valence-corrected chi connectivity index (χ3v) is 13.6. The Morgan fingerprint density at radius 1 is 0.274 bits per heavy atom. The zero-order valence-electron chi connectivity index (χ0n) is 41.6. The van der Waals surface area contributed by atoms with Crippen LogP contribution < -0.4 is 26.4 Å². The standard InChI is InChI=1S/C32H12BF24.C26H20N/c34-25(35,36)13-1-14(26(37,38)39)6-21(5-13)33(22-7-15(27(40,41)42)2-16(8-22)28(43,44)45,23-9-17(29(46,47)48)3-18(10-23)30(49,50)51)24-11-19(31(52,53)54)4-20(12-24)32(55,56)57;1-2-8-20(9-3-1)19-27-17-16-22-11-6-7-13-25(22)26(27)24-15-14-21-10-4-5-12-23(21)18-24/h1-12H;1-18H,19H2/q-1;+1. The number of pyridine rings is 1. The summed E-state index contributed by atoms with van der Waals surface area (Å²) in [6, 6.07) is 28.0. The summed E-state index contributed by atoms with van der Waals surface area (Å²) in [5.41, 5.74) is -26.4. The van der Waals surface area contributed by atoms with E-state index in [4.69, 9.17) is 0 Å². The highest BCUT2D eigenvalue weighted by Gasteiger charge is 2.47. The first-order chi connectivity index (χ1) is 38.6. The number of hydrogen-bond donors (Lipinski definition) is 0. The Labute approximate surface area is 457 Å². The van der Waals surface area contributed by atoms with Crippen molar-refractivity contribution in [2.75, 3.05) is 0 Å². The number of halogens is 24. The molecule has 0 atom stereocenters. The van der Waals surface area contributed by atoms with Crippen LogP contribution in [0.2, 0.25) is 0 Å². The number of fused-ring (bicyclic) bond motifs is 2. The first-order valence-corrected chi connectivity index (χ1v) is 23.9. The molecule has 0 aliphatic carbocycles. The first-order valence-electron chi connectivity index (χ1n) is 23.9. The molecule has 1 heterocycles. The lowest BCUT2D eigenvalue weighted by molar-refractivity contribution is -0.676. The maximum absolute atomic E-state index is 14.2. The van der Waals surface area contributed by atoms with Crippen molar-refractivity contribution in [3.63, 3.8) is 0 Å². The lowest BCUT2D eigenvalue weighted by Gasteiger charge is -2.46.